The number of carbonyl (C=O) groups excluding carboxylic acids is 1. The van der Waals surface area contributed by atoms with Gasteiger partial charge >= 0.3 is 6.18 Å². The maximum Gasteiger partial charge on any atom is 0.416 e. The predicted octanol–water partition coefficient (Wildman–Crippen LogP) is 5.92. The standard InChI is InChI=1S/C23H23ClF3N3O2S/c1-22(2,3)12-4-6-14-17(9-12)33-20-19(14)21(32)30(11-28-20)10-18(31)29-16-8-13(23(25,26)27)5-7-15(16)24/h5,7-8,11-12H,4,6,9-10H2,1-3H3,(H,29,31). The smallest absolute Gasteiger partial charge is 0.323 e. The van der Waals surface area contributed by atoms with Crippen molar-refractivity contribution in [1.82, 2.24) is 9.55 Å². The highest BCUT2D eigenvalue weighted by Crippen LogP contribution is 2.42. The van der Waals surface area contributed by atoms with Crippen LogP contribution in [0.4, 0.5) is 18.9 Å². The molecule has 33 heavy (non-hydrogen) atoms. The van der Waals surface area contributed by atoms with Crippen molar-refractivity contribution in [2.24, 2.45) is 11.3 Å². The quantitative estimate of drug-likeness (QED) is 0.488. The molecule has 0 spiro atoms. The maximum atomic E-state index is 13.2. The molecular weight excluding hydrogens is 475 g/mol. The average molecular weight is 498 g/mol. The summed E-state index contributed by atoms with van der Waals surface area (Å²) in [4.78, 5) is 31.9. The molecule has 1 N–H and O–H groups in total. The second-order valence-electron chi connectivity index (χ2n) is 9.41. The number of fused-ring (bicyclic) bond motifs is 3. The Hall–Kier alpha value is -2.39. The highest BCUT2D eigenvalue weighted by atomic mass is 35.5. The molecule has 10 heteroatoms. The van der Waals surface area contributed by atoms with Crippen molar-refractivity contribution in [3.05, 3.63) is 55.9 Å². The van der Waals surface area contributed by atoms with Gasteiger partial charge < -0.3 is 5.32 Å². The molecule has 0 aliphatic heterocycles. The Kier molecular flexibility index (Phi) is 6.07. The Morgan fingerprint density at radius 3 is 2.70 bits per heavy atom. The predicted molar refractivity (Wildman–Crippen MR) is 124 cm³/mol. The summed E-state index contributed by atoms with van der Waals surface area (Å²) in [6.07, 6.45) is -0.607. The summed E-state index contributed by atoms with van der Waals surface area (Å²) in [6, 6.07) is 2.68. The number of halogens is 4. The first-order valence-corrected chi connectivity index (χ1v) is 11.7. The van der Waals surface area contributed by atoms with E-state index < -0.39 is 17.6 Å². The minimum atomic E-state index is -4.57. The van der Waals surface area contributed by atoms with Gasteiger partial charge in [-0.3, -0.25) is 14.2 Å². The van der Waals surface area contributed by atoms with Gasteiger partial charge in [-0.25, -0.2) is 4.98 Å². The topological polar surface area (TPSA) is 64.0 Å². The summed E-state index contributed by atoms with van der Waals surface area (Å²) < 4.78 is 40.1. The Morgan fingerprint density at radius 1 is 1.30 bits per heavy atom. The van der Waals surface area contributed by atoms with E-state index in [1.165, 1.54) is 27.1 Å². The van der Waals surface area contributed by atoms with Crippen LogP contribution in [0.3, 0.4) is 0 Å². The van der Waals surface area contributed by atoms with Crippen molar-refractivity contribution in [3.8, 4) is 0 Å². The molecule has 0 radical (unpaired) electrons. The van der Waals surface area contributed by atoms with Crippen LogP contribution in [-0.2, 0) is 30.4 Å². The minimum absolute atomic E-state index is 0.0300. The number of aromatic nitrogens is 2. The third-order valence-electron chi connectivity index (χ3n) is 6.14. The molecule has 1 aliphatic rings. The first kappa shape index (κ1) is 23.8. The van der Waals surface area contributed by atoms with Gasteiger partial charge in [0, 0.05) is 4.88 Å². The van der Waals surface area contributed by atoms with Crippen LogP contribution in [0.2, 0.25) is 5.02 Å². The van der Waals surface area contributed by atoms with Gasteiger partial charge in [0.05, 0.1) is 28.0 Å². The van der Waals surface area contributed by atoms with Crippen LogP contribution < -0.4 is 10.9 Å². The van der Waals surface area contributed by atoms with Crippen molar-refractivity contribution < 1.29 is 18.0 Å². The average Bonchev–Trinajstić information content (AvgIpc) is 3.08. The van der Waals surface area contributed by atoms with E-state index in [0.29, 0.717) is 16.1 Å². The number of anilines is 1. The van der Waals surface area contributed by atoms with Gasteiger partial charge in [-0.1, -0.05) is 32.4 Å². The summed E-state index contributed by atoms with van der Waals surface area (Å²) >= 11 is 7.47. The van der Waals surface area contributed by atoms with Crippen molar-refractivity contribution >= 4 is 44.7 Å². The minimum Gasteiger partial charge on any atom is -0.323 e. The zero-order chi connectivity index (χ0) is 24.1. The molecule has 3 aromatic rings. The number of rotatable bonds is 3. The summed E-state index contributed by atoms with van der Waals surface area (Å²) in [5.41, 5.74) is -0.245. The van der Waals surface area contributed by atoms with E-state index in [-0.39, 0.29) is 28.2 Å². The molecule has 4 rings (SSSR count). The fourth-order valence-electron chi connectivity index (χ4n) is 4.19. The van der Waals surface area contributed by atoms with E-state index in [4.69, 9.17) is 11.6 Å². The van der Waals surface area contributed by atoms with Crippen LogP contribution in [0.1, 0.15) is 43.2 Å². The van der Waals surface area contributed by atoms with Gasteiger partial charge in [0.2, 0.25) is 5.91 Å². The number of carbonyl (C=O) groups is 1. The third kappa shape index (κ3) is 4.80. The van der Waals surface area contributed by atoms with Gasteiger partial charge in [-0.2, -0.15) is 13.2 Å². The lowest BCUT2D eigenvalue weighted by Crippen LogP contribution is -2.29. The number of nitrogens with one attached hydrogen (secondary N) is 1. The highest BCUT2D eigenvalue weighted by molar-refractivity contribution is 7.18. The molecular formula is C23H23ClF3N3O2S. The van der Waals surface area contributed by atoms with Crippen LogP contribution in [0.5, 0.6) is 0 Å². The molecule has 5 nitrogen and oxygen atoms in total. The lowest BCUT2D eigenvalue weighted by atomic mass is 9.72. The molecule has 1 amide bonds. The number of nitrogens with zero attached hydrogens (tertiary/aromatic N) is 2. The van der Waals surface area contributed by atoms with E-state index in [2.05, 4.69) is 31.1 Å². The summed E-state index contributed by atoms with van der Waals surface area (Å²) in [5, 5.41) is 2.88. The summed E-state index contributed by atoms with van der Waals surface area (Å²) in [7, 11) is 0. The van der Waals surface area contributed by atoms with Crippen LogP contribution in [0.15, 0.2) is 29.3 Å². The lowest BCUT2D eigenvalue weighted by Gasteiger charge is -2.33. The number of hydrogen-bond acceptors (Lipinski definition) is 4. The molecule has 2 heterocycles. The molecule has 1 aromatic carbocycles. The largest absolute Gasteiger partial charge is 0.416 e. The fourth-order valence-corrected chi connectivity index (χ4v) is 5.62. The van der Waals surface area contributed by atoms with Crippen molar-refractivity contribution in [2.45, 2.75) is 52.8 Å². The molecule has 1 atom stereocenters. The van der Waals surface area contributed by atoms with Crippen LogP contribution >= 0.6 is 22.9 Å². The van der Waals surface area contributed by atoms with Gasteiger partial charge in [0.25, 0.3) is 5.56 Å². The molecule has 0 saturated carbocycles. The first-order valence-electron chi connectivity index (χ1n) is 10.5. The van der Waals surface area contributed by atoms with Crippen LogP contribution in [-0.4, -0.2) is 15.5 Å². The van der Waals surface area contributed by atoms with E-state index >= 15 is 0 Å². The molecule has 1 aliphatic carbocycles. The molecule has 176 valence electrons. The first-order chi connectivity index (χ1) is 15.3. The maximum absolute atomic E-state index is 13.2. The SMILES string of the molecule is CC(C)(C)C1CCc2c(sc3ncn(CC(=O)Nc4cc(C(F)(F)F)ccc4Cl)c(=O)c23)C1. The van der Waals surface area contributed by atoms with Crippen molar-refractivity contribution in [2.75, 3.05) is 5.32 Å². The number of alkyl halides is 3. The lowest BCUT2D eigenvalue weighted by molar-refractivity contribution is -0.137. The number of aryl methyl sites for hydroxylation is 1. The zero-order valence-electron chi connectivity index (χ0n) is 18.3. The monoisotopic (exact) mass is 497 g/mol. The Bertz CT molecular complexity index is 1290. The fraction of sp³-hybridized carbons (Fsp3) is 0.435. The molecule has 0 bridgehead atoms. The Balaban J connectivity index is 1.59. The molecule has 2 aromatic heterocycles. The van der Waals surface area contributed by atoms with Gasteiger partial charge in [-0.05, 0) is 54.4 Å². The highest BCUT2D eigenvalue weighted by Gasteiger charge is 2.32. The second-order valence-corrected chi connectivity index (χ2v) is 10.9. The number of thiophene rings is 1. The summed E-state index contributed by atoms with van der Waals surface area (Å²) in [5.74, 6) is -0.153. The van der Waals surface area contributed by atoms with Crippen molar-refractivity contribution in [1.29, 1.82) is 0 Å². The third-order valence-corrected chi connectivity index (χ3v) is 7.63. The molecule has 0 saturated heterocycles. The Morgan fingerprint density at radius 2 is 2.03 bits per heavy atom. The van der Waals surface area contributed by atoms with E-state index in [9.17, 15) is 22.8 Å². The van der Waals surface area contributed by atoms with E-state index in [0.717, 1.165) is 43.0 Å². The summed E-state index contributed by atoms with van der Waals surface area (Å²) in [6.45, 7) is 6.27. The number of amides is 1. The zero-order valence-corrected chi connectivity index (χ0v) is 19.9. The van der Waals surface area contributed by atoms with Crippen molar-refractivity contribution in [3.63, 3.8) is 0 Å². The second kappa shape index (κ2) is 8.43. The Labute approximate surface area is 197 Å². The van der Waals surface area contributed by atoms with Crippen LogP contribution in [0.25, 0.3) is 10.2 Å². The van der Waals surface area contributed by atoms with Crippen LogP contribution in [0, 0.1) is 11.3 Å². The molecule has 1 unspecified atom stereocenters. The molecule has 0 fully saturated rings. The normalized spacial score (nSPS) is 16.6. The number of benzene rings is 1. The van der Waals surface area contributed by atoms with Gasteiger partial charge in [0.15, 0.2) is 0 Å². The number of hydrogen-bond donors (Lipinski definition) is 1. The van der Waals surface area contributed by atoms with E-state index in [1.807, 2.05) is 0 Å². The van der Waals surface area contributed by atoms with Gasteiger partial charge in [-0.15, -0.1) is 11.3 Å². The van der Waals surface area contributed by atoms with E-state index in [1.54, 1.807) is 0 Å². The van der Waals surface area contributed by atoms with Gasteiger partial charge in [0.1, 0.15) is 11.4 Å².